The van der Waals surface area contributed by atoms with Gasteiger partial charge in [-0.15, -0.1) is 5.10 Å². The van der Waals surface area contributed by atoms with Gasteiger partial charge in [-0.25, -0.2) is 4.98 Å². The molecule has 0 saturated heterocycles. The second-order valence-corrected chi connectivity index (χ2v) is 4.71. The van der Waals surface area contributed by atoms with Crippen LogP contribution >= 0.6 is 0 Å². The van der Waals surface area contributed by atoms with Crippen LogP contribution in [0.25, 0.3) is 0 Å². The minimum atomic E-state index is -0.214. The maximum absolute atomic E-state index is 6.34. The third kappa shape index (κ3) is 1.14. The highest BCUT2D eigenvalue weighted by atomic mass is 15.1. The zero-order chi connectivity index (χ0) is 9.76. The largest absolute Gasteiger partial charge is 0.320 e. The van der Waals surface area contributed by atoms with Crippen molar-refractivity contribution in [1.29, 1.82) is 0 Å². The average molecular weight is 190 g/mol. The van der Waals surface area contributed by atoms with E-state index in [9.17, 15) is 0 Å². The van der Waals surface area contributed by atoms with Crippen LogP contribution in [0, 0.1) is 18.8 Å². The molecule has 2 unspecified atom stereocenters. The minimum absolute atomic E-state index is 0.214. The first-order valence-electron chi connectivity index (χ1n) is 5.13. The van der Waals surface area contributed by atoms with Crippen molar-refractivity contribution in [2.45, 2.75) is 31.7 Å². The summed E-state index contributed by atoms with van der Waals surface area (Å²) in [6.07, 6.45) is 5.25. The van der Waals surface area contributed by atoms with Crippen LogP contribution in [0.4, 0.5) is 0 Å². The molecule has 2 N–H and O–H groups in total. The number of nitrogens with zero attached hydrogens (tertiary/aromatic N) is 3. The van der Waals surface area contributed by atoms with Gasteiger partial charge in [0.15, 0.2) is 0 Å². The highest BCUT2D eigenvalue weighted by molar-refractivity contribution is 5.18. The number of fused-ring (bicyclic) bond motifs is 1. The molecule has 2 saturated carbocycles. The van der Waals surface area contributed by atoms with E-state index < -0.39 is 0 Å². The van der Waals surface area contributed by atoms with Gasteiger partial charge in [0.25, 0.3) is 0 Å². The lowest BCUT2D eigenvalue weighted by Crippen LogP contribution is -2.36. The molecule has 0 bridgehead atoms. The molecule has 2 atom stereocenters. The van der Waals surface area contributed by atoms with Crippen molar-refractivity contribution < 1.29 is 0 Å². The zero-order valence-corrected chi connectivity index (χ0v) is 8.27. The summed E-state index contributed by atoms with van der Waals surface area (Å²) in [5, 5.41) is 7.78. The van der Waals surface area contributed by atoms with E-state index in [2.05, 4.69) is 15.2 Å². The lowest BCUT2D eigenvalue weighted by molar-refractivity contribution is 0.395. The monoisotopic (exact) mass is 190 g/mol. The molecule has 1 aromatic heterocycles. The Morgan fingerprint density at radius 3 is 2.79 bits per heavy atom. The van der Waals surface area contributed by atoms with E-state index in [0.717, 1.165) is 30.4 Å². The Morgan fingerprint density at radius 1 is 1.43 bits per heavy atom. The third-order valence-electron chi connectivity index (χ3n) is 3.50. The Balaban J connectivity index is 1.94. The highest BCUT2D eigenvalue weighted by Gasteiger charge is 2.53. The maximum atomic E-state index is 6.34. The molecule has 2 aliphatic rings. The Kier molecular flexibility index (Phi) is 1.49. The topological polar surface area (TPSA) is 64.7 Å². The van der Waals surface area contributed by atoms with Crippen LogP contribution in [0.2, 0.25) is 0 Å². The lowest BCUT2D eigenvalue weighted by Gasteiger charge is -2.24. The number of hydrogen-bond acceptors (Lipinski definition) is 4. The highest BCUT2D eigenvalue weighted by Crippen LogP contribution is 2.57. The van der Waals surface area contributed by atoms with Crippen LogP contribution in [0.15, 0.2) is 6.20 Å². The normalized spacial score (nSPS) is 39.6. The van der Waals surface area contributed by atoms with Crippen LogP contribution in [0.3, 0.4) is 0 Å². The summed E-state index contributed by atoms with van der Waals surface area (Å²) in [7, 11) is 0. The molecule has 0 amide bonds. The van der Waals surface area contributed by atoms with Crippen molar-refractivity contribution in [2.24, 2.45) is 17.6 Å². The summed E-state index contributed by atoms with van der Waals surface area (Å²) in [5.74, 6) is 2.43. The average Bonchev–Trinajstić information content (AvgIpc) is 2.75. The van der Waals surface area contributed by atoms with Gasteiger partial charge in [-0.05, 0) is 38.0 Å². The first-order chi connectivity index (χ1) is 6.67. The molecule has 1 aromatic rings. The first kappa shape index (κ1) is 8.29. The van der Waals surface area contributed by atoms with E-state index in [0.29, 0.717) is 5.82 Å². The van der Waals surface area contributed by atoms with Gasteiger partial charge in [-0.3, -0.25) is 0 Å². The molecule has 0 aliphatic heterocycles. The van der Waals surface area contributed by atoms with Gasteiger partial charge < -0.3 is 5.73 Å². The molecule has 0 radical (unpaired) electrons. The van der Waals surface area contributed by atoms with E-state index in [1.54, 1.807) is 6.20 Å². The van der Waals surface area contributed by atoms with Crippen molar-refractivity contribution in [3.8, 4) is 0 Å². The Bertz CT molecular complexity index is 366. The molecule has 0 aromatic carbocycles. The van der Waals surface area contributed by atoms with Gasteiger partial charge in [-0.2, -0.15) is 5.10 Å². The molecular formula is C10H14N4. The smallest absolute Gasteiger partial charge is 0.148 e. The molecule has 4 nitrogen and oxygen atoms in total. The predicted molar refractivity (Wildman–Crippen MR) is 51.3 cm³/mol. The van der Waals surface area contributed by atoms with Crippen molar-refractivity contribution >= 4 is 0 Å². The van der Waals surface area contributed by atoms with Crippen molar-refractivity contribution in [3.63, 3.8) is 0 Å². The summed E-state index contributed by atoms with van der Waals surface area (Å²) < 4.78 is 0. The van der Waals surface area contributed by atoms with E-state index in [-0.39, 0.29) is 5.54 Å². The number of rotatable bonds is 1. The molecular weight excluding hydrogens is 176 g/mol. The lowest BCUT2D eigenvalue weighted by atomic mass is 9.91. The quantitative estimate of drug-likeness (QED) is 0.710. The van der Waals surface area contributed by atoms with E-state index in [1.807, 2.05) is 6.92 Å². The minimum Gasteiger partial charge on any atom is -0.320 e. The van der Waals surface area contributed by atoms with Gasteiger partial charge in [0.05, 0.1) is 17.4 Å². The predicted octanol–water partition coefficient (Wildman–Crippen LogP) is 0.764. The van der Waals surface area contributed by atoms with E-state index in [1.165, 1.54) is 6.42 Å². The van der Waals surface area contributed by atoms with Gasteiger partial charge in [0, 0.05) is 0 Å². The van der Waals surface area contributed by atoms with Gasteiger partial charge >= 0.3 is 0 Å². The van der Waals surface area contributed by atoms with Crippen molar-refractivity contribution in [2.75, 3.05) is 0 Å². The fourth-order valence-corrected chi connectivity index (χ4v) is 2.67. The molecule has 74 valence electrons. The van der Waals surface area contributed by atoms with Crippen LogP contribution in [0.1, 0.15) is 30.8 Å². The summed E-state index contributed by atoms with van der Waals surface area (Å²) in [4.78, 5) is 4.38. The maximum Gasteiger partial charge on any atom is 0.148 e. The first-order valence-corrected chi connectivity index (χ1v) is 5.13. The van der Waals surface area contributed by atoms with Gasteiger partial charge in [0.2, 0.25) is 0 Å². The Hall–Kier alpha value is -1.03. The third-order valence-corrected chi connectivity index (χ3v) is 3.50. The number of nitrogens with two attached hydrogens (primary N) is 1. The fourth-order valence-electron chi connectivity index (χ4n) is 2.67. The molecule has 1 heterocycles. The molecule has 2 fully saturated rings. The molecule has 2 aliphatic carbocycles. The number of aryl methyl sites for hydroxylation is 1. The SMILES string of the molecule is Cc1nncc(C2(N)CC3CC3C2)n1. The second-order valence-electron chi connectivity index (χ2n) is 4.71. The van der Waals surface area contributed by atoms with Crippen LogP contribution < -0.4 is 5.73 Å². The van der Waals surface area contributed by atoms with Crippen LogP contribution in [-0.4, -0.2) is 15.2 Å². The summed E-state index contributed by atoms with van der Waals surface area (Å²) in [6, 6.07) is 0. The molecule has 4 heteroatoms. The Labute approximate surface area is 82.9 Å². The number of aromatic nitrogens is 3. The Morgan fingerprint density at radius 2 is 2.14 bits per heavy atom. The van der Waals surface area contributed by atoms with E-state index >= 15 is 0 Å². The zero-order valence-electron chi connectivity index (χ0n) is 8.27. The molecule has 3 rings (SSSR count). The second kappa shape index (κ2) is 2.51. The van der Waals surface area contributed by atoms with Crippen molar-refractivity contribution in [3.05, 3.63) is 17.7 Å². The van der Waals surface area contributed by atoms with Crippen LogP contribution in [-0.2, 0) is 5.54 Å². The van der Waals surface area contributed by atoms with Crippen LogP contribution in [0.5, 0.6) is 0 Å². The van der Waals surface area contributed by atoms with E-state index in [4.69, 9.17) is 5.73 Å². The molecule has 14 heavy (non-hydrogen) atoms. The summed E-state index contributed by atoms with van der Waals surface area (Å²) in [5.41, 5.74) is 7.05. The van der Waals surface area contributed by atoms with Crippen molar-refractivity contribution in [1.82, 2.24) is 15.2 Å². The fraction of sp³-hybridized carbons (Fsp3) is 0.700. The summed E-state index contributed by atoms with van der Waals surface area (Å²) in [6.45, 7) is 1.86. The van der Waals surface area contributed by atoms with Gasteiger partial charge in [0.1, 0.15) is 5.82 Å². The molecule has 0 spiro atoms. The van der Waals surface area contributed by atoms with Gasteiger partial charge in [-0.1, -0.05) is 0 Å². The number of hydrogen-bond donors (Lipinski definition) is 1. The summed E-state index contributed by atoms with van der Waals surface area (Å²) >= 11 is 0. The standard InChI is InChI=1S/C10H14N4/c1-6-13-9(5-12-14-6)10(11)3-7-2-8(7)4-10/h5,7-8H,2-4,11H2,1H3.